The molecule has 3 amide bonds. The number of hydrogen-bond acceptors (Lipinski definition) is 2. The molecule has 1 N–H and O–H groups in total. The fourth-order valence-corrected chi connectivity index (χ4v) is 3.18. The molecule has 0 bridgehead atoms. The van der Waals surface area contributed by atoms with E-state index in [1.807, 2.05) is 4.90 Å². The minimum absolute atomic E-state index is 0.0520. The lowest BCUT2D eigenvalue weighted by Crippen LogP contribution is -2.48. The summed E-state index contributed by atoms with van der Waals surface area (Å²) in [5.41, 5.74) is 0. The zero-order chi connectivity index (χ0) is 14.5. The molecule has 0 aromatic rings. The second-order valence-corrected chi connectivity index (χ2v) is 6.28. The summed E-state index contributed by atoms with van der Waals surface area (Å²) in [5.74, 6) is 0.289. The van der Waals surface area contributed by atoms with Crippen molar-refractivity contribution in [2.75, 3.05) is 27.2 Å². The van der Waals surface area contributed by atoms with E-state index in [1.54, 1.807) is 19.0 Å². The molecule has 5 nitrogen and oxygen atoms in total. The van der Waals surface area contributed by atoms with Crippen LogP contribution in [0.4, 0.5) is 4.79 Å². The summed E-state index contributed by atoms with van der Waals surface area (Å²) in [6.45, 7) is 1.39. The van der Waals surface area contributed by atoms with E-state index in [4.69, 9.17) is 0 Å². The van der Waals surface area contributed by atoms with Crippen LogP contribution in [0.15, 0.2) is 0 Å². The van der Waals surface area contributed by atoms with Crippen LogP contribution >= 0.6 is 0 Å². The maximum Gasteiger partial charge on any atom is 0.319 e. The van der Waals surface area contributed by atoms with Crippen LogP contribution in [-0.2, 0) is 4.79 Å². The molecule has 1 saturated carbocycles. The van der Waals surface area contributed by atoms with Gasteiger partial charge < -0.3 is 15.1 Å². The van der Waals surface area contributed by atoms with Gasteiger partial charge >= 0.3 is 6.03 Å². The molecule has 2 fully saturated rings. The average molecular weight is 281 g/mol. The van der Waals surface area contributed by atoms with Crippen LogP contribution in [0, 0.1) is 5.92 Å². The van der Waals surface area contributed by atoms with Crippen LogP contribution in [0.1, 0.15) is 44.9 Å². The molecule has 2 aliphatic rings. The summed E-state index contributed by atoms with van der Waals surface area (Å²) < 4.78 is 0. The van der Waals surface area contributed by atoms with E-state index >= 15 is 0 Å². The van der Waals surface area contributed by atoms with Crippen LogP contribution in [0.5, 0.6) is 0 Å². The molecule has 0 radical (unpaired) electrons. The molecular weight excluding hydrogens is 254 g/mol. The topological polar surface area (TPSA) is 52.7 Å². The molecule has 5 heteroatoms. The van der Waals surface area contributed by atoms with Gasteiger partial charge in [-0.25, -0.2) is 4.79 Å². The van der Waals surface area contributed by atoms with Crippen LogP contribution < -0.4 is 5.32 Å². The van der Waals surface area contributed by atoms with Crippen molar-refractivity contribution in [2.45, 2.75) is 51.0 Å². The second kappa shape index (κ2) is 6.95. The quantitative estimate of drug-likeness (QED) is 0.839. The molecule has 1 aliphatic carbocycles. The first-order valence-electron chi connectivity index (χ1n) is 7.84. The molecule has 0 aromatic heterocycles. The van der Waals surface area contributed by atoms with E-state index < -0.39 is 0 Å². The Morgan fingerprint density at radius 1 is 1.00 bits per heavy atom. The lowest BCUT2D eigenvalue weighted by Gasteiger charge is -2.34. The largest absolute Gasteiger partial charge is 0.353 e. The summed E-state index contributed by atoms with van der Waals surface area (Å²) in [5, 5.41) is 3.20. The Balaban J connectivity index is 1.75. The number of urea groups is 1. The Bertz CT molecular complexity index is 343. The van der Waals surface area contributed by atoms with Gasteiger partial charge in [-0.2, -0.15) is 0 Å². The molecular formula is C15H27N3O2. The zero-order valence-corrected chi connectivity index (χ0v) is 12.7. The highest BCUT2D eigenvalue weighted by molar-refractivity contribution is 5.80. The first kappa shape index (κ1) is 15.1. The van der Waals surface area contributed by atoms with Gasteiger partial charge in [-0.1, -0.05) is 19.3 Å². The summed E-state index contributed by atoms with van der Waals surface area (Å²) in [7, 11) is 3.54. The third kappa shape index (κ3) is 3.87. The Hall–Kier alpha value is -1.26. The Kier molecular flexibility index (Phi) is 5.26. The van der Waals surface area contributed by atoms with E-state index in [-0.39, 0.29) is 17.9 Å². The van der Waals surface area contributed by atoms with E-state index in [9.17, 15) is 9.59 Å². The number of rotatable bonds is 2. The SMILES string of the molecule is CN(C)C(=O)N1CCC(C(=O)NC2CCCCC2)CC1. The standard InChI is InChI=1S/C15H27N3O2/c1-17(2)15(20)18-10-8-12(9-11-18)14(19)16-13-6-4-3-5-7-13/h12-13H,3-11H2,1-2H3,(H,16,19). The van der Waals surface area contributed by atoms with E-state index in [1.165, 1.54) is 19.3 Å². The van der Waals surface area contributed by atoms with E-state index in [0.29, 0.717) is 19.1 Å². The molecule has 0 aromatic carbocycles. The highest BCUT2D eigenvalue weighted by Gasteiger charge is 2.29. The lowest BCUT2D eigenvalue weighted by molar-refractivity contribution is -0.127. The summed E-state index contributed by atoms with van der Waals surface area (Å²) in [6.07, 6.45) is 7.61. The van der Waals surface area contributed by atoms with E-state index in [2.05, 4.69) is 5.32 Å². The zero-order valence-electron chi connectivity index (χ0n) is 12.7. The minimum atomic E-state index is 0.0520. The van der Waals surface area contributed by atoms with Gasteiger partial charge in [0.1, 0.15) is 0 Å². The normalized spacial score (nSPS) is 21.6. The van der Waals surface area contributed by atoms with Crippen LogP contribution in [-0.4, -0.2) is 55.0 Å². The number of carbonyl (C=O) groups is 2. The van der Waals surface area contributed by atoms with Crippen molar-refractivity contribution in [2.24, 2.45) is 5.92 Å². The van der Waals surface area contributed by atoms with Crippen molar-refractivity contribution in [1.82, 2.24) is 15.1 Å². The van der Waals surface area contributed by atoms with Crippen molar-refractivity contribution in [3.63, 3.8) is 0 Å². The lowest BCUT2D eigenvalue weighted by atomic mass is 9.92. The van der Waals surface area contributed by atoms with Gasteiger partial charge in [-0.3, -0.25) is 4.79 Å². The van der Waals surface area contributed by atoms with Gasteiger partial charge in [0, 0.05) is 39.1 Å². The number of likely N-dealkylation sites (tertiary alicyclic amines) is 1. The number of hydrogen-bond donors (Lipinski definition) is 1. The molecule has 0 unspecified atom stereocenters. The summed E-state index contributed by atoms with van der Waals surface area (Å²) in [6, 6.07) is 0.439. The molecule has 1 saturated heterocycles. The Morgan fingerprint density at radius 3 is 2.15 bits per heavy atom. The smallest absolute Gasteiger partial charge is 0.319 e. The van der Waals surface area contributed by atoms with Gasteiger partial charge in [-0.05, 0) is 25.7 Å². The maximum atomic E-state index is 12.3. The third-order valence-corrected chi connectivity index (χ3v) is 4.47. The summed E-state index contributed by atoms with van der Waals surface area (Å²) in [4.78, 5) is 27.5. The minimum Gasteiger partial charge on any atom is -0.353 e. The number of nitrogens with one attached hydrogen (secondary N) is 1. The van der Waals surface area contributed by atoms with Crippen LogP contribution in [0.25, 0.3) is 0 Å². The Morgan fingerprint density at radius 2 is 1.60 bits per heavy atom. The van der Waals surface area contributed by atoms with Gasteiger partial charge in [-0.15, -0.1) is 0 Å². The molecule has 0 spiro atoms. The number of carbonyl (C=O) groups excluding carboxylic acids is 2. The van der Waals surface area contributed by atoms with Crippen molar-refractivity contribution in [1.29, 1.82) is 0 Å². The fraction of sp³-hybridized carbons (Fsp3) is 0.867. The molecule has 0 atom stereocenters. The van der Waals surface area contributed by atoms with Crippen molar-refractivity contribution >= 4 is 11.9 Å². The highest BCUT2D eigenvalue weighted by Crippen LogP contribution is 2.21. The highest BCUT2D eigenvalue weighted by atomic mass is 16.2. The molecule has 2 rings (SSSR count). The average Bonchev–Trinajstić information content (AvgIpc) is 2.47. The second-order valence-electron chi connectivity index (χ2n) is 6.28. The molecule has 1 aliphatic heterocycles. The van der Waals surface area contributed by atoms with Crippen LogP contribution in [0.3, 0.4) is 0 Å². The first-order chi connectivity index (χ1) is 9.58. The number of amides is 3. The first-order valence-corrected chi connectivity index (χ1v) is 7.84. The molecule has 1 heterocycles. The van der Waals surface area contributed by atoms with E-state index in [0.717, 1.165) is 25.7 Å². The van der Waals surface area contributed by atoms with Crippen molar-refractivity contribution < 1.29 is 9.59 Å². The van der Waals surface area contributed by atoms with Crippen LogP contribution in [0.2, 0.25) is 0 Å². The molecule has 20 heavy (non-hydrogen) atoms. The van der Waals surface area contributed by atoms with Gasteiger partial charge in [0.05, 0.1) is 0 Å². The van der Waals surface area contributed by atoms with Crippen molar-refractivity contribution in [3.05, 3.63) is 0 Å². The fourth-order valence-electron chi connectivity index (χ4n) is 3.18. The summed E-state index contributed by atoms with van der Waals surface area (Å²) >= 11 is 0. The predicted octanol–water partition coefficient (Wildman–Crippen LogP) is 1.83. The molecule has 114 valence electrons. The maximum absolute atomic E-state index is 12.3. The van der Waals surface area contributed by atoms with Gasteiger partial charge in [0.25, 0.3) is 0 Å². The van der Waals surface area contributed by atoms with Gasteiger partial charge in [0.15, 0.2) is 0 Å². The number of piperidine rings is 1. The number of nitrogens with zero attached hydrogens (tertiary/aromatic N) is 2. The van der Waals surface area contributed by atoms with Crippen molar-refractivity contribution in [3.8, 4) is 0 Å². The monoisotopic (exact) mass is 281 g/mol. The third-order valence-electron chi connectivity index (χ3n) is 4.47. The van der Waals surface area contributed by atoms with Gasteiger partial charge in [0.2, 0.25) is 5.91 Å². The Labute approximate surface area is 121 Å². The predicted molar refractivity (Wildman–Crippen MR) is 78.4 cm³/mol.